The number of carbonyl (C=O) groups excluding carboxylic acids is 1. The molecule has 0 radical (unpaired) electrons. The van der Waals surface area contributed by atoms with Gasteiger partial charge in [0.05, 0.1) is 11.3 Å². The van der Waals surface area contributed by atoms with Crippen LogP contribution in [0, 0.1) is 0 Å². The van der Waals surface area contributed by atoms with Gasteiger partial charge in [-0.15, -0.1) is 0 Å². The second kappa shape index (κ2) is 4.52. The summed E-state index contributed by atoms with van der Waals surface area (Å²) in [6.45, 7) is -0.831. The van der Waals surface area contributed by atoms with Crippen LogP contribution in [0.5, 0.6) is 0 Å². The normalized spacial score (nSPS) is 11.3. The van der Waals surface area contributed by atoms with E-state index in [1.807, 2.05) is 0 Å². The first kappa shape index (κ1) is 12.5. The van der Waals surface area contributed by atoms with Crippen molar-refractivity contribution in [1.82, 2.24) is 0 Å². The molecule has 0 fully saturated rings. The number of hydrogen-bond donors (Lipinski definition) is 1. The van der Waals surface area contributed by atoms with Gasteiger partial charge in [0.1, 0.15) is 6.61 Å². The minimum atomic E-state index is -4.53. The Labute approximate surface area is 90.1 Å². The largest absolute Gasteiger partial charge is 0.418 e. The predicted octanol–water partition coefficient (Wildman–Crippen LogP) is 1.66. The first-order valence-corrected chi connectivity index (χ1v) is 4.41. The van der Waals surface area contributed by atoms with E-state index in [0.717, 1.165) is 11.0 Å². The van der Waals surface area contributed by atoms with Gasteiger partial charge in [0.2, 0.25) is 0 Å². The van der Waals surface area contributed by atoms with Crippen LogP contribution >= 0.6 is 0 Å². The van der Waals surface area contributed by atoms with E-state index in [-0.39, 0.29) is 5.69 Å². The molecule has 0 bridgehead atoms. The molecule has 16 heavy (non-hydrogen) atoms. The van der Waals surface area contributed by atoms with E-state index in [4.69, 9.17) is 5.11 Å². The number of halogens is 3. The second-order valence-electron chi connectivity index (χ2n) is 3.13. The molecule has 0 aliphatic heterocycles. The highest BCUT2D eigenvalue weighted by atomic mass is 19.4. The Balaban J connectivity index is 3.19. The van der Waals surface area contributed by atoms with Gasteiger partial charge < -0.3 is 10.0 Å². The molecule has 1 rings (SSSR count). The van der Waals surface area contributed by atoms with Crippen molar-refractivity contribution >= 4 is 11.6 Å². The first-order valence-electron chi connectivity index (χ1n) is 4.41. The van der Waals surface area contributed by atoms with Gasteiger partial charge in [0.15, 0.2) is 0 Å². The Morgan fingerprint density at radius 3 is 2.44 bits per heavy atom. The third kappa shape index (κ3) is 2.52. The minimum Gasteiger partial charge on any atom is -0.387 e. The molecule has 0 unspecified atom stereocenters. The summed E-state index contributed by atoms with van der Waals surface area (Å²) in [5.74, 6) is -0.795. The summed E-state index contributed by atoms with van der Waals surface area (Å²) in [6, 6.07) is 4.70. The Morgan fingerprint density at radius 1 is 1.38 bits per heavy atom. The number of para-hydroxylation sites is 1. The molecule has 6 heteroatoms. The predicted molar refractivity (Wildman–Crippen MR) is 51.9 cm³/mol. The van der Waals surface area contributed by atoms with Gasteiger partial charge in [-0.05, 0) is 12.1 Å². The van der Waals surface area contributed by atoms with Gasteiger partial charge in [-0.25, -0.2) is 0 Å². The zero-order valence-electron chi connectivity index (χ0n) is 8.45. The molecule has 0 aliphatic carbocycles. The molecule has 1 N–H and O–H groups in total. The molecule has 0 atom stereocenters. The van der Waals surface area contributed by atoms with Crippen LogP contribution in [0.1, 0.15) is 5.56 Å². The van der Waals surface area contributed by atoms with Crippen molar-refractivity contribution in [3.05, 3.63) is 29.8 Å². The lowest BCUT2D eigenvalue weighted by Crippen LogP contribution is -2.30. The van der Waals surface area contributed by atoms with E-state index < -0.39 is 24.3 Å². The summed E-state index contributed by atoms with van der Waals surface area (Å²) in [5.41, 5.74) is -1.17. The second-order valence-corrected chi connectivity index (χ2v) is 3.13. The number of aliphatic hydroxyl groups is 1. The fraction of sp³-hybridized carbons (Fsp3) is 0.300. The lowest BCUT2D eigenvalue weighted by Gasteiger charge is -2.20. The van der Waals surface area contributed by atoms with Crippen molar-refractivity contribution in [3.8, 4) is 0 Å². The SMILES string of the molecule is CN(C(=O)CO)c1ccccc1C(F)(F)F. The van der Waals surface area contributed by atoms with Crippen molar-refractivity contribution < 1.29 is 23.1 Å². The lowest BCUT2D eigenvalue weighted by atomic mass is 10.1. The Kier molecular flexibility index (Phi) is 3.54. The number of carbonyl (C=O) groups is 1. The highest BCUT2D eigenvalue weighted by molar-refractivity contribution is 5.94. The molecule has 3 nitrogen and oxygen atoms in total. The van der Waals surface area contributed by atoms with Crippen LogP contribution in [0.4, 0.5) is 18.9 Å². The summed E-state index contributed by atoms with van der Waals surface area (Å²) in [6.07, 6.45) is -4.53. The maximum Gasteiger partial charge on any atom is 0.418 e. The molecule has 0 saturated heterocycles. The maximum absolute atomic E-state index is 12.6. The number of nitrogens with zero attached hydrogens (tertiary/aromatic N) is 1. The summed E-state index contributed by atoms with van der Waals surface area (Å²) in [4.78, 5) is 11.9. The van der Waals surface area contributed by atoms with Crippen LogP contribution in [0.25, 0.3) is 0 Å². The molecule has 0 heterocycles. The molecular weight excluding hydrogens is 223 g/mol. The Hall–Kier alpha value is -1.56. The Morgan fingerprint density at radius 2 is 1.94 bits per heavy atom. The number of likely N-dealkylation sites (N-methyl/N-ethyl adjacent to an activating group) is 1. The van der Waals surface area contributed by atoms with Gasteiger partial charge in [-0.1, -0.05) is 12.1 Å². The molecule has 1 amide bonds. The molecular formula is C10H10F3NO2. The molecule has 88 valence electrons. The molecule has 1 aromatic carbocycles. The molecule has 1 aromatic rings. The average Bonchev–Trinajstić information content (AvgIpc) is 2.26. The summed E-state index contributed by atoms with van der Waals surface area (Å²) in [7, 11) is 1.18. The molecule has 0 aromatic heterocycles. The fourth-order valence-corrected chi connectivity index (χ4v) is 1.25. The highest BCUT2D eigenvalue weighted by Crippen LogP contribution is 2.35. The summed E-state index contributed by atoms with van der Waals surface area (Å²) < 4.78 is 37.7. The molecule has 0 aliphatic rings. The standard InChI is InChI=1S/C10H10F3NO2/c1-14(9(16)6-15)8-5-3-2-4-7(8)10(11,12)13/h2-5,15H,6H2,1H3. The topological polar surface area (TPSA) is 40.5 Å². The van der Waals surface area contributed by atoms with E-state index in [2.05, 4.69) is 0 Å². The van der Waals surface area contributed by atoms with E-state index >= 15 is 0 Å². The van der Waals surface area contributed by atoms with Crippen LogP contribution in [-0.4, -0.2) is 24.7 Å². The number of anilines is 1. The third-order valence-corrected chi connectivity index (χ3v) is 2.08. The van der Waals surface area contributed by atoms with Crippen LogP contribution in [0.15, 0.2) is 24.3 Å². The van der Waals surface area contributed by atoms with E-state index in [1.165, 1.54) is 25.2 Å². The zero-order valence-corrected chi connectivity index (χ0v) is 8.45. The summed E-state index contributed by atoms with van der Waals surface area (Å²) >= 11 is 0. The number of aliphatic hydroxyl groups excluding tert-OH is 1. The average molecular weight is 233 g/mol. The number of hydrogen-bond acceptors (Lipinski definition) is 2. The molecule has 0 saturated carbocycles. The highest BCUT2D eigenvalue weighted by Gasteiger charge is 2.34. The van der Waals surface area contributed by atoms with Gasteiger partial charge in [0, 0.05) is 7.05 Å². The number of rotatable bonds is 2. The van der Waals surface area contributed by atoms with Crippen molar-refractivity contribution in [2.75, 3.05) is 18.6 Å². The van der Waals surface area contributed by atoms with Crippen molar-refractivity contribution in [2.45, 2.75) is 6.18 Å². The van der Waals surface area contributed by atoms with Crippen molar-refractivity contribution in [3.63, 3.8) is 0 Å². The Bertz CT molecular complexity index is 390. The van der Waals surface area contributed by atoms with Crippen LogP contribution in [-0.2, 0) is 11.0 Å². The van der Waals surface area contributed by atoms with Crippen LogP contribution in [0.2, 0.25) is 0 Å². The maximum atomic E-state index is 12.6. The monoisotopic (exact) mass is 233 g/mol. The number of alkyl halides is 3. The van der Waals surface area contributed by atoms with Gasteiger partial charge >= 0.3 is 6.18 Å². The molecule has 0 spiro atoms. The summed E-state index contributed by atoms with van der Waals surface area (Å²) in [5, 5.41) is 8.59. The quantitative estimate of drug-likeness (QED) is 0.843. The lowest BCUT2D eigenvalue weighted by molar-refractivity contribution is -0.137. The van der Waals surface area contributed by atoms with Gasteiger partial charge in [-0.2, -0.15) is 13.2 Å². The van der Waals surface area contributed by atoms with Crippen molar-refractivity contribution in [2.24, 2.45) is 0 Å². The van der Waals surface area contributed by atoms with E-state index in [1.54, 1.807) is 0 Å². The van der Waals surface area contributed by atoms with Gasteiger partial charge in [0.25, 0.3) is 5.91 Å². The number of amides is 1. The van der Waals surface area contributed by atoms with Crippen molar-refractivity contribution in [1.29, 1.82) is 0 Å². The van der Waals surface area contributed by atoms with Crippen LogP contribution in [0.3, 0.4) is 0 Å². The third-order valence-electron chi connectivity index (χ3n) is 2.08. The minimum absolute atomic E-state index is 0.269. The smallest absolute Gasteiger partial charge is 0.387 e. The number of benzene rings is 1. The first-order chi connectivity index (χ1) is 7.38. The van der Waals surface area contributed by atoms with Crippen LogP contribution < -0.4 is 4.90 Å². The van der Waals surface area contributed by atoms with Gasteiger partial charge in [-0.3, -0.25) is 4.79 Å². The fourth-order valence-electron chi connectivity index (χ4n) is 1.25. The zero-order chi connectivity index (χ0) is 12.3. The van der Waals surface area contributed by atoms with E-state index in [0.29, 0.717) is 0 Å². The van der Waals surface area contributed by atoms with E-state index in [9.17, 15) is 18.0 Å².